The number of rotatable bonds is 6. The van der Waals surface area contributed by atoms with Gasteiger partial charge in [0.2, 0.25) is 5.91 Å². The van der Waals surface area contributed by atoms with E-state index in [0.29, 0.717) is 6.42 Å². The number of hydrogen-bond donors (Lipinski definition) is 2. The molecule has 0 heterocycles. The SMILES string of the molecule is CCc1ccc(CCC(=O)NC2(CO)CCCC2)cc1. The molecule has 110 valence electrons. The van der Waals surface area contributed by atoms with Crippen LogP contribution < -0.4 is 5.32 Å². The monoisotopic (exact) mass is 275 g/mol. The van der Waals surface area contributed by atoms with Crippen molar-refractivity contribution in [2.24, 2.45) is 0 Å². The molecule has 1 saturated carbocycles. The molecule has 2 N–H and O–H groups in total. The van der Waals surface area contributed by atoms with Gasteiger partial charge in [-0.25, -0.2) is 0 Å². The van der Waals surface area contributed by atoms with Crippen molar-refractivity contribution in [3.8, 4) is 0 Å². The molecule has 0 spiro atoms. The third-order valence-electron chi connectivity index (χ3n) is 4.34. The number of carbonyl (C=O) groups excluding carboxylic acids is 1. The Hall–Kier alpha value is -1.35. The lowest BCUT2D eigenvalue weighted by Gasteiger charge is -2.28. The highest BCUT2D eigenvalue weighted by molar-refractivity contribution is 5.77. The highest BCUT2D eigenvalue weighted by Gasteiger charge is 2.34. The van der Waals surface area contributed by atoms with Crippen LogP contribution in [0.3, 0.4) is 0 Å². The molecule has 0 unspecified atom stereocenters. The van der Waals surface area contributed by atoms with Crippen LogP contribution in [-0.4, -0.2) is 23.2 Å². The van der Waals surface area contributed by atoms with Crippen LogP contribution in [0.25, 0.3) is 0 Å². The largest absolute Gasteiger partial charge is 0.394 e. The van der Waals surface area contributed by atoms with Crippen molar-refractivity contribution in [3.63, 3.8) is 0 Å². The van der Waals surface area contributed by atoms with Gasteiger partial charge in [-0.05, 0) is 36.8 Å². The van der Waals surface area contributed by atoms with Crippen LogP contribution >= 0.6 is 0 Å². The average molecular weight is 275 g/mol. The fourth-order valence-electron chi connectivity index (χ4n) is 2.93. The fraction of sp³-hybridized carbons (Fsp3) is 0.588. The minimum absolute atomic E-state index is 0.0560. The topological polar surface area (TPSA) is 49.3 Å². The summed E-state index contributed by atoms with van der Waals surface area (Å²) in [6, 6.07) is 8.45. The van der Waals surface area contributed by atoms with E-state index in [4.69, 9.17) is 0 Å². The first kappa shape index (κ1) is 15.0. The number of amides is 1. The van der Waals surface area contributed by atoms with Gasteiger partial charge in [-0.15, -0.1) is 0 Å². The quantitative estimate of drug-likeness (QED) is 0.838. The van der Waals surface area contributed by atoms with Crippen LogP contribution in [0.1, 0.15) is 50.2 Å². The lowest BCUT2D eigenvalue weighted by Crippen LogP contribution is -2.49. The second-order valence-electron chi connectivity index (χ2n) is 5.86. The number of nitrogens with one attached hydrogen (secondary N) is 1. The van der Waals surface area contributed by atoms with Gasteiger partial charge in [0, 0.05) is 6.42 Å². The molecule has 0 bridgehead atoms. The highest BCUT2D eigenvalue weighted by atomic mass is 16.3. The number of carbonyl (C=O) groups is 1. The van der Waals surface area contributed by atoms with Gasteiger partial charge in [0.1, 0.15) is 0 Å². The van der Waals surface area contributed by atoms with Crippen molar-refractivity contribution in [1.29, 1.82) is 0 Å². The average Bonchev–Trinajstić information content (AvgIpc) is 2.95. The number of benzene rings is 1. The molecule has 0 aromatic heterocycles. The van der Waals surface area contributed by atoms with Gasteiger partial charge in [-0.3, -0.25) is 4.79 Å². The van der Waals surface area contributed by atoms with Crippen molar-refractivity contribution >= 4 is 5.91 Å². The number of aliphatic hydroxyl groups excluding tert-OH is 1. The standard InChI is InChI=1S/C17H25NO2/c1-2-14-5-7-15(8-6-14)9-10-16(20)18-17(13-19)11-3-4-12-17/h5-8,19H,2-4,9-13H2,1H3,(H,18,20). The maximum Gasteiger partial charge on any atom is 0.220 e. The summed E-state index contributed by atoms with van der Waals surface area (Å²) in [4.78, 5) is 12.0. The zero-order chi connectivity index (χ0) is 14.4. The van der Waals surface area contributed by atoms with Gasteiger partial charge >= 0.3 is 0 Å². The van der Waals surface area contributed by atoms with E-state index in [0.717, 1.165) is 38.5 Å². The Balaban J connectivity index is 1.82. The summed E-state index contributed by atoms with van der Waals surface area (Å²) >= 11 is 0. The number of hydrogen-bond acceptors (Lipinski definition) is 2. The van der Waals surface area contributed by atoms with E-state index in [-0.39, 0.29) is 18.1 Å². The first-order valence-corrected chi connectivity index (χ1v) is 7.67. The van der Waals surface area contributed by atoms with E-state index >= 15 is 0 Å². The first-order chi connectivity index (χ1) is 9.67. The smallest absolute Gasteiger partial charge is 0.220 e. The van der Waals surface area contributed by atoms with Crippen molar-refractivity contribution in [1.82, 2.24) is 5.32 Å². The molecule has 2 rings (SSSR count). The van der Waals surface area contributed by atoms with Crippen LogP contribution in [0.15, 0.2) is 24.3 Å². The van der Waals surface area contributed by atoms with E-state index < -0.39 is 0 Å². The van der Waals surface area contributed by atoms with E-state index in [1.165, 1.54) is 11.1 Å². The Morgan fingerprint density at radius 3 is 2.35 bits per heavy atom. The Bertz CT molecular complexity index is 433. The summed E-state index contributed by atoms with van der Waals surface area (Å²) in [5.74, 6) is 0.0560. The van der Waals surface area contributed by atoms with Gasteiger partial charge in [0.25, 0.3) is 0 Å². The molecule has 1 aliphatic carbocycles. The number of aliphatic hydroxyl groups is 1. The summed E-state index contributed by atoms with van der Waals surface area (Å²) in [5.41, 5.74) is 2.17. The molecule has 0 saturated heterocycles. The summed E-state index contributed by atoms with van der Waals surface area (Å²) in [6.45, 7) is 2.20. The van der Waals surface area contributed by atoms with Gasteiger partial charge in [-0.2, -0.15) is 0 Å². The molecule has 1 fully saturated rings. The van der Waals surface area contributed by atoms with E-state index in [2.05, 4.69) is 36.5 Å². The summed E-state index contributed by atoms with van der Waals surface area (Å²) in [7, 11) is 0. The molecular weight excluding hydrogens is 250 g/mol. The van der Waals surface area contributed by atoms with Gasteiger partial charge in [-0.1, -0.05) is 44.0 Å². The Morgan fingerprint density at radius 2 is 1.80 bits per heavy atom. The predicted octanol–water partition coefficient (Wildman–Crippen LogP) is 2.60. The predicted molar refractivity (Wildman–Crippen MR) is 80.6 cm³/mol. The third-order valence-corrected chi connectivity index (χ3v) is 4.34. The minimum Gasteiger partial charge on any atom is -0.394 e. The van der Waals surface area contributed by atoms with E-state index in [9.17, 15) is 9.90 Å². The molecule has 1 aromatic rings. The van der Waals surface area contributed by atoms with Crippen molar-refractivity contribution < 1.29 is 9.90 Å². The van der Waals surface area contributed by atoms with Gasteiger partial charge in [0.05, 0.1) is 12.1 Å². The Morgan fingerprint density at radius 1 is 1.20 bits per heavy atom. The van der Waals surface area contributed by atoms with Crippen LogP contribution in [0, 0.1) is 0 Å². The molecule has 1 aromatic carbocycles. The molecule has 20 heavy (non-hydrogen) atoms. The maximum absolute atomic E-state index is 12.0. The third kappa shape index (κ3) is 3.83. The van der Waals surface area contributed by atoms with Gasteiger partial charge in [0.15, 0.2) is 0 Å². The van der Waals surface area contributed by atoms with Crippen LogP contribution in [0.4, 0.5) is 0 Å². The molecule has 0 radical (unpaired) electrons. The summed E-state index contributed by atoms with van der Waals surface area (Å²) in [6.07, 6.45) is 6.30. The van der Waals surface area contributed by atoms with Crippen LogP contribution in [0.5, 0.6) is 0 Å². The van der Waals surface area contributed by atoms with Crippen molar-refractivity contribution in [2.45, 2.75) is 57.4 Å². The first-order valence-electron chi connectivity index (χ1n) is 7.67. The second kappa shape index (κ2) is 6.89. The second-order valence-corrected chi connectivity index (χ2v) is 5.86. The zero-order valence-corrected chi connectivity index (χ0v) is 12.3. The van der Waals surface area contributed by atoms with Crippen LogP contribution in [-0.2, 0) is 17.6 Å². The Labute approximate surface area is 121 Å². The lowest BCUT2D eigenvalue weighted by molar-refractivity contribution is -0.123. The van der Waals surface area contributed by atoms with E-state index in [1.807, 2.05) is 0 Å². The zero-order valence-electron chi connectivity index (χ0n) is 12.3. The summed E-state index contributed by atoms with van der Waals surface area (Å²) < 4.78 is 0. The lowest BCUT2D eigenvalue weighted by atomic mass is 9.98. The van der Waals surface area contributed by atoms with Crippen molar-refractivity contribution in [3.05, 3.63) is 35.4 Å². The molecule has 1 aliphatic rings. The summed E-state index contributed by atoms with van der Waals surface area (Å²) in [5, 5.41) is 12.5. The molecule has 3 nitrogen and oxygen atoms in total. The molecule has 3 heteroatoms. The van der Waals surface area contributed by atoms with E-state index in [1.54, 1.807) is 0 Å². The van der Waals surface area contributed by atoms with Gasteiger partial charge < -0.3 is 10.4 Å². The maximum atomic E-state index is 12.0. The molecule has 0 aliphatic heterocycles. The fourth-order valence-corrected chi connectivity index (χ4v) is 2.93. The molecular formula is C17H25NO2. The molecule has 1 amide bonds. The Kier molecular flexibility index (Phi) is 5.18. The molecule has 0 atom stereocenters. The normalized spacial score (nSPS) is 17.1. The van der Waals surface area contributed by atoms with Crippen LogP contribution in [0.2, 0.25) is 0 Å². The number of aryl methyl sites for hydroxylation is 2. The minimum atomic E-state index is -0.344. The van der Waals surface area contributed by atoms with Crippen molar-refractivity contribution in [2.75, 3.05) is 6.61 Å². The highest BCUT2D eigenvalue weighted by Crippen LogP contribution is 2.29.